The first-order valence-electron chi connectivity index (χ1n) is 11.2. The lowest BCUT2D eigenvalue weighted by Gasteiger charge is -2.41. The maximum Gasteiger partial charge on any atom is 0.0725 e. The number of likely N-dealkylation sites (N-methyl/N-ethyl adjacent to an activating group) is 1. The summed E-state index contributed by atoms with van der Waals surface area (Å²) in [6.07, 6.45) is 5.18. The van der Waals surface area contributed by atoms with Gasteiger partial charge in [0.05, 0.1) is 5.60 Å². The Hall–Kier alpha value is -1.42. The summed E-state index contributed by atoms with van der Waals surface area (Å²) in [7, 11) is 2.20. The molecule has 2 unspecified atom stereocenters. The molecule has 0 bridgehead atoms. The minimum absolute atomic E-state index is 0.142. The largest absolute Gasteiger partial charge is 0.389 e. The van der Waals surface area contributed by atoms with E-state index in [4.69, 9.17) is 0 Å². The Morgan fingerprint density at radius 2 is 1.68 bits per heavy atom. The van der Waals surface area contributed by atoms with Gasteiger partial charge in [0.25, 0.3) is 0 Å². The van der Waals surface area contributed by atoms with E-state index in [2.05, 4.69) is 73.2 Å². The van der Waals surface area contributed by atoms with Crippen LogP contribution in [0.2, 0.25) is 0 Å². The maximum atomic E-state index is 11.9. The molecule has 1 N–H and O–H groups in total. The lowest BCUT2D eigenvalue weighted by molar-refractivity contribution is -0.0165. The highest BCUT2D eigenvalue weighted by Gasteiger charge is 2.37. The van der Waals surface area contributed by atoms with Crippen LogP contribution < -0.4 is 0 Å². The molecule has 1 heterocycles. The van der Waals surface area contributed by atoms with Crippen molar-refractivity contribution in [1.29, 1.82) is 0 Å². The molecule has 0 amide bonds. The fourth-order valence-electron chi connectivity index (χ4n) is 4.68. The summed E-state index contributed by atoms with van der Waals surface area (Å²) >= 11 is 0. The van der Waals surface area contributed by atoms with Gasteiger partial charge < -0.3 is 14.9 Å². The number of nitrogens with zero attached hydrogens (tertiary/aromatic N) is 2. The molecule has 3 rings (SSSR count). The van der Waals surface area contributed by atoms with Crippen molar-refractivity contribution in [2.75, 3.05) is 39.8 Å². The Morgan fingerprint density at radius 3 is 2.39 bits per heavy atom. The summed E-state index contributed by atoms with van der Waals surface area (Å²) in [4.78, 5) is 4.96. The number of unbranched alkanes of at least 4 members (excludes halogenated alkanes) is 2. The van der Waals surface area contributed by atoms with E-state index in [1.54, 1.807) is 0 Å². The van der Waals surface area contributed by atoms with Crippen LogP contribution >= 0.6 is 0 Å². The van der Waals surface area contributed by atoms with Gasteiger partial charge in [-0.1, -0.05) is 75.6 Å². The summed E-state index contributed by atoms with van der Waals surface area (Å²) in [5, 5.41) is 14.4. The zero-order valence-corrected chi connectivity index (χ0v) is 18.0. The van der Waals surface area contributed by atoms with Gasteiger partial charge in [0.15, 0.2) is 0 Å². The van der Waals surface area contributed by atoms with Crippen molar-refractivity contribution in [1.82, 2.24) is 9.80 Å². The van der Waals surface area contributed by atoms with E-state index in [0.29, 0.717) is 0 Å². The van der Waals surface area contributed by atoms with Crippen molar-refractivity contribution < 1.29 is 5.11 Å². The normalized spacial score (nSPS) is 19.6. The Labute approximate surface area is 171 Å². The van der Waals surface area contributed by atoms with Gasteiger partial charge in [0.1, 0.15) is 0 Å². The molecule has 0 aromatic heterocycles. The van der Waals surface area contributed by atoms with E-state index in [1.807, 2.05) is 0 Å². The molecular weight excluding hydrogens is 344 g/mol. The van der Waals surface area contributed by atoms with Crippen LogP contribution in [0.5, 0.6) is 0 Å². The van der Waals surface area contributed by atoms with Crippen molar-refractivity contribution in [3.8, 4) is 0 Å². The second kappa shape index (κ2) is 9.87. The number of hydrogen-bond acceptors (Lipinski definition) is 3. The summed E-state index contributed by atoms with van der Waals surface area (Å²) in [5.74, 6) is 0.142. The highest BCUT2D eigenvalue weighted by Crippen LogP contribution is 2.39. The second-order valence-electron chi connectivity index (χ2n) is 8.64. The molecule has 0 aliphatic carbocycles. The van der Waals surface area contributed by atoms with Gasteiger partial charge in [-0.2, -0.15) is 0 Å². The Kier molecular flexibility index (Phi) is 7.50. The van der Waals surface area contributed by atoms with E-state index in [9.17, 15) is 5.11 Å². The molecule has 2 atom stereocenters. The van der Waals surface area contributed by atoms with Crippen LogP contribution in [0.25, 0.3) is 10.8 Å². The highest BCUT2D eigenvalue weighted by atomic mass is 16.3. The van der Waals surface area contributed by atoms with E-state index < -0.39 is 5.60 Å². The average molecular weight is 383 g/mol. The minimum atomic E-state index is -0.650. The number of hydrogen-bond donors (Lipinski definition) is 1. The van der Waals surface area contributed by atoms with Gasteiger partial charge in [-0.15, -0.1) is 0 Å². The lowest BCUT2D eigenvalue weighted by atomic mass is 9.75. The van der Waals surface area contributed by atoms with Crippen molar-refractivity contribution in [3.63, 3.8) is 0 Å². The topological polar surface area (TPSA) is 26.7 Å². The predicted octanol–water partition coefficient (Wildman–Crippen LogP) is 4.89. The van der Waals surface area contributed by atoms with Crippen LogP contribution in [-0.2, 0) is 0 Å². The van der Waals surface area contributed by atoms with Crippen LogP contribution in [0.3, 0.4) is 0 Å². The SMILES string of the molecule is CCCCCC(O)(CC)C(CN1CCN(C)CC1)c1cccc2ccccc12. The molecule has 0 saturated carbocycles. The summed E-state index contributed by atoms with van der Waals surface area (Å²) in [5.41, 5.74) is 0.667. The summed E-state index contributed by atoms with van der Waals surface area (Å²) in [6.45, 7) is 9.74. The zero-order valence-electron chi connectivity index (χ0n) is 18.0. The molecule has 1 fully saturated rings. The Bertz CT molecular complexity index is 733. The molecule has 1 aliphatic rings. The summed E-state index contributed by atoms with van der Waals surface area (Å²) in [6, 6.07) is 15.3. The molecule has 2 aromatic carbocycles. The summed E-state index contributed by atoms with van der Waals surface area (Å²) < 4.78 is 0. The van der Waals surface area contributed by atoms with Crippen molar-refractivity contribution >= 4 is 10.8 Å². The van der Waals surface area contributed by atoms with E-state index in [1.165, 1.54) is 29.2 Å². The average Bonchev–Trinajstić information content (AvgIpc) is 2.73. The van der Waals surface area contributed by atoms with Crippen LogP contribution in [-0.4, -0.2) is 60.3 Å². The predicted molar refractivity (Wildman–Crippen MR) is 120 cm³/mol. The van der Waals surface area contributed by atoms with Gasteiger partial charge in [0.2, 0.25) is 0 Å². The highest BCUT2D eigenvalue weighted by molar-refractivity contribution is 5.86. The molecule has 28 heavy (non-hydrogen) atoms. The smallest absolute Gasteiger partial charge is 0.0725 e. The van der Waals surface area contributed by atoms with Gasteiger partial charge in [0, 0.05) is 38.6 Å². The molecule has 0 spiro atoms. The fourth-order valence-corrected chi connectivity index (χ4v) is 4.68. The third-order valence-electron chi connectivity index (χ3n) is 6.71. The fraction of sp³-hybridized carbons (Fsp3) is 0.600. The first-order chi connectivity index (χ1) is 13.6. The minimum Gasteiger partial charge on any atom is -0.389 e. The maximum absolute atomic E-state index is 11.9. The van der Waals surface area contributed by atoms with Gasteiger partial charge in [-0.3, -0.25) is 0 Å². The molecule has 2 aromatic rings. The van der Waals surface area contributed by atoms with Crippen LogP contribution in [0.4, 0.5) is 0 Å². The lowest BCUT2D eigenvalue weighted by Crippen LogP contribution is -2.49. The van der Waals surface area contributed by atoms with E-state index in [0.717, 1.165) is 52.0 Å². The van der Waals surface area contributed by atoms with Crippen molar-refractivity contribution in [2.45, 2.75) is 57.5 Å². The molecule has 1 saturated heterocycles. The Morgan fingerprint density at radius 1 is 0.964 bits per heavy atom. The van der Waals surface area contributed by atoms with Gasteiger partial charge in [-0.05, 0) is 36.2 Å². The number of fused-ring (bicyclic) bond motifs is 1. The van der Waals surface area contributed by atoms with Crippen LogP contribution in [0, 0.1) is 0 Å². The number of rotatable bonds is 9. The van der Waals surface area contributed by atoms with Gasteiger partial charge >= 0.3 is 0 Å². The standard InChI is InChI=1S/C25H38N2O/c1-4-6-9-15-25(28,5-2)24(20-27-18-16-26(3)17-19-27)23-14-10-12-21-11-7-8-13-22(21)23/h7-8,10-14,24,28H,4-6,9,15-20H2,1-3H3. The molecule has 154 valence electrons. The number of aliphatic hydroxyl groups is 1. The molecule has 0 radical (unpaired) electrons. The quantitative estimate of drug-likeness (QED) is 0.625. The third kappa shape index (κ3) is 4.94. The van der Waals surface area contributed by atoms with E-state index in [-0.39, 0.29) is 5.92 Å². The monoisotopic (exact) mass is 382 g/mol. The molecule has 1 aliphatic heterocycles. The molecular formula is C25H38N2O. The number of benzene rings is 2. The van der Waals surface area contributed by atoms with Crippen molar-refractivity contribution in [3.05, 3.63) is 48.0 Å². The zero-order chi connectivity index (χ0) is 20.0. The van der Waals surface area contributed by atoms with E-state index >= 15 is 0 Å². The Balaban J connectivity index is 1.95. The first kappa shape index (κ1) is 21.3. The number of piperazine rings is 1. The van der Waals surface area contributed by atoms with Crippen LogP contribution in [0.15, 0.2) is 42.5 Å². The van der Waals surface area contributed by atoms with Crippen molar-refractivity contribution in [2.24, 2.45) is 0 Å². The van der Waals surface area contributed by atoms with Gasteiger partial charge in [-0.25, -0.2) is 0 Å². The molecule has 3 heteroatoms. The first-order valence-corrected chi connectivity index (χ1v) is 11.2. The third-order valence-corrected chi connectivity index (χ3v) is 6.71. The second-order valence-corrected chi connectivity index (χ2v) is 8.64. The van der Waals surface area contributed by atoms with Crippen LogP contribution in [0.1, 0.15) is 57.4 Å². The molecule has 3 nitrogen and oxygen atoms in total.